The van der Waals surface area contributed by atoms with Crippen LogP contribution in [0.25, 0.3) is 0 Å². The number of nitrogens with zero attached hydrogens (tertiary/aromatic N) is 2. The number of ether oxygens (including phenoxy) is 3. The van der Waals surface area contributed by atoms with Crippen molar-refractivity contribution in [2.24, 2.45) is 0 Å². The van der Waals surface area contributed by atoms with E-state index >= 15 is 0 Å². The number of esters is 1. The summed E-state index contributed by atoms with van der Waals surface area (Å²) in [5, 5.41) is 0. The summed E-state index contributed by atoms with van der Waals surface area (Å²) in [6.45, 7) is 4.48. The van der Waals surface area contributed by atoms with Crippen LogP contribution in [0.1, 0.15) is 32.1 Å². The lowest BCUT2D eigenvalue weighted by Crippen LogP contribution is -2.33. The van der Waals surface area contributed by atoms with Gasteiger partial charge in [-0.1, -0.05) is 12.1 Å². The van der Waals surface area contributed by atoms with E-state index in [1.54, 1.807) is 12.1 Å². The first kappa shape index (κ1) is 19.7. The van der Waals surface area contributed by atoms with Crippen molar-refractivity contribution in [3.63, 3.8) is 0 Å². The second-order valence-corrected chi connectivity index (χ2v) is 7.13. The number of aryl methyl sites for hydroxylation is 1. The fourth-order valence-corrected chi connectivity index (χ4v) is 3.50. The molecule has 0 radical (unpaired) electrons. The minimum atomic E-state index is -0.550. The molecule has 7 heteroatoms. The molecule has 1 atom stereocenters. The molecule has 1 aromatic carbocycles. The van der Waals surface area contributed by atoms with E-state index in [0.29, 0.717) is 24.3 Å². The molecule has 0 saturated carbocycles. The molecule has 0 amide bonds. The quantitative estimate of drug-likeness (QED) is 0.461. The van der Waals surface area contributed by atoms with E-state index in [1.807, 2.05) is 48.7 Å². The van der Waals surface area contributed by atoms with Crippen LogP contribution in [-0.2, 0) is 11.3 Å². The molecule has 7 nitrogen and oxygen atoms in total. The van der Waals surface area contributed by atoms with Crippen LogP contribution in [0, 0.1) is 13.8 Å². The monoisotopic (exact) mass is 406 g/mol. The number of carbonyl (C=O) groups excluding carboxylic acids is 2. The topological polar surface area (TPSA) is 79.7 Å². The van der Waals surface area contributed by atoms with Crippen LogP contribution < -0.4 is 9.47 Å². The number of benzene rings is 1. The van der Waals surface area contributed by atoms with Crippen LogP contribution in [0.2, 0.25) is 0 Å². The Morgan fingerprint density at radius 3 is 2.63 bits per heavy atom. The van der Waals surface area contributed by atoms with E-state index in [2.05, 4.69) is 4.98 Å². The van der Waals surface area contributed by atoms with Crippen molar-refractivity contribution >= 4 is 11.8 Å². The summed E-state index contributed by atoms with van der Waals surface area (Å²) in [5.74, 6) is 0.658. The Bertz CT molecular complexity index is 1070. The predicted octanol–water partition coefficient (Wildman–Crippen LogP) is 3.38. The fourth-order valence-electron chi connectivity index (χ4n) is 3.50. The number of hydrogen-bond donors (Lipinski definition) is 0. The van der Waals surface area contributed by atoms with Gasteiger partial charge in [0, 0.05) is 29.3 Å². The van der Waals surface area contributed by atoms with Gasteiger partial charge in [-0.15, -0.1) is 0 Å². The van der Waals surface area contributed by atoms with Gasteiger partial charge in [0.05, 0.1) is 12.1 Å². The van der Waals surface area contributed by atoms with Gasteiger partial charge in [0.15, 0.2) is 24.2 Å². The largest absolute Gasteiger partial charge is 0.486 e. The lowest BCUT2D eigenvalue weighted by molar-refractivity contribution is 0.0474. The van der Waals surface area contributed by atoms with Crippen molar-refractivity contribution < 1.29 is 23.8 Å². The van der Waals surface area contributed by atoms with Crippen molar-refractivity contribution in [2.75, 3.05) is 13.2 Å². The maximum atomic E-state index is 12.7. The molecular weight excluding hydrogens is 384 g/mol. The number of hydrogen-bond acceptors (Lipinski definition) is 6. The van der Waals surface area contributed by atoms with Crippen molar-refractivity contribution in [2.45, 2.75) is 26.5 Å². The Morgan fingerprint density at radius 2 is 1.87 bits per heavy atom. The summed E-state index contributed by atoms with van der Waals surface area (Å²) >= 11 is 0. The Balaban J connectivity index is 1.42. The standard InChI is InChI=1S/C23H22N2O5/c1-15-11-19(20(26)14-29-23(27)17-7-9-24-10-8-17)16(2)25(15)12-18-13-28-21-5-3-4-6-22(21)30-18/h3-11,18H,12-14H2,1-2H3/t18-/m0/s1. The second-order valence-electron chi connectivity index (χ2n) is 7.13. The van der Waals surface area contributed by atoms with Gasteiger partial charge in [-0.3, -0.25) is 9.78 Å². The highest BCUT2D eigenvalue weighted by Crippen LogP contribution is 2.31. The zero-order valence-corrected chi connectivity index (χ0v) is 16.8. The molecule has 4 rings (SSSR count). The van der Waals surface area contributed by atoms with Gasteiger partial charge >= 0.3 is 5.97 Å². The Kier molecular flexibility index (Phi) is 5.52. The van der Waals surface area contributed by atoms with Gasteiger partial charge in [0.1, 0.15) is 6.61 Å². The molecule has 0 unspecified atom stereocenters. The number of ketones is 1. The van der Waals surface area contributed by atoms with E-state index in [-0.39, 0.29) is 18.5 Å². The van der Waals surface area contributed by atoms with Crippen molar-refractivity contribution in [1.29, 1.82) is 0 Å². The molecule has 1 aliphatic heterocycles. The van der Waals surface area contributed by atoms with Gasteiger partial charge in [0.25, 0.3) is 0 Å². The minimum absolute atomic E-state index is 0.169. The highest BCUT2D eigenvalue weighted by Gasteiger charge is 2.24. The molecule has 0 N–H and O–H groups in total. The fraction of sp³-hybridized carbons (Fsp3) is 0.261. The Morgan fingerprint density at radius 1 is 1.13 bits per heavy atom. The number of Topliss-reactive ketones (excluding diaryl/α,β-unsaturated/α-hetero) is 1. The molecule has 0 fully saturated rings. The SMILES string of the molecule is Cc1cc(C(=O)COC(=O)c2ccncc2)c(C)n1C[C@H]1COc2ccccc2O1. The zero-order chi connectivity index (χ0) is 21.1. The first-order valence-corrected chi connectivity index (χ1v) is 9.68. The molecule has 0 bridgehead atoms. The molecule has 154 valence electrons. The van der Waals surface area contributed by atoms with Crippen LogP contribution in [0.4, 0.5) is 0 Å². The number of para-hydroxylation sites is 2. The molecule has 0 aliphatic carbocycles. The van der Waals surface area contributed by atoms with E-state index < -0.39 is 5.97 Å². The summed E-state index contributed by atoms with van der Waals surface area (Å²) < 4.78 is 19.0. The van der Waals surface area contributed by atoms with Crippen LogP contribution in [0.5, 0.6) is 11.5 Å². The van der Waals surface area contributed by atoms with E-state index in [9.17, 15) is 9.59 Å². The number of aromatic nitrogens is 2. The summed E-state index contributed by atoms with van der Waals surface area (Å²) in [5.41, 5.74) is 2.63. The second kappa shape index (κ2) is 8.41. The average Bonchev–Trinajstić information content (AvgIpc) is 3.06. The van der Waals surface area contributed by atoms with Gasteiger partial charge in [-0.25, -0.2) is 4.79 Å². The molecule has 3 aromatic rings. The van der Waals surface area contributed by atoms with Gasteiger partial charge < -0.3 is 18.8 Å². The zero-order valence-electron chi connectivity index (χ0n) is 16.8. The third-order valence-electron chi connectivity index (χ3n) is 5.08. The highest BCUT2D eigenvalue weighted by atomic mass is 16.6. The first-order valence-electron chi connectivity index (χ1n) is 9.68. The third-order valence-corrected chi connectivity index (χ3v) is 5.08. The van der Waals surface area contributed by atoms with Crippen LogP contribution in [0.15, 0.2) is 54.9 Å². The van der Waals surface area contributed by atoms with E-state index in [0.717, 1.165) is 22.9 Å². The van der Waals surface area contributed by atoms with Gasteiger partial charge in [-0.2, -0.15) is 0 Å². The molecule has 3 heterocycles. The number of pyridine rings is 1. The average molecular weight is 406 g/mol. The maximum absolute atomic E-state index is 12.7. The lowest BCUT2D eigenvalue weighted by Gasteiger charge is -2.27. The van der Waals surface area contributed by atoms with Crippen LogP contribution >= 0.6 is 0 Å². The number of carbonyl (C=O) groups is 2. The van der Waals surface area contributed by atoms with Gasteiger partial charge in [0.2, 0.25) is 5.78 Å². The van der Waals surface area contributed by atoms with Crippen molar-refractivity contribution in [3.05, 3.63) is 77.4 Å². The summed E-state index contributed by atoms with van der Waals surface area (Å²) in [6.07, 6.45) is 2.83. The van der Waals surface area contributed by atoms with Gasteiger partial charge in [-0.05, 0) is 44.2 Å². The molecular formula is C23H22N2O5. The minimum Gasteiger partial charge on any atom is -0.486 e. The Hall–Kier alpha value is -3.61. The number of fused-ring (bicyclic) bond motifs is 1. The number of rotatable bonds is 6. The molecule has 0 spiro atoms. The summed E-state index contributed by atoms with van der Waals surface area (Å²) in [4.78, 5) is 28.6. The third kappa shape index (κ3) is 4.05. The van der Waals surface area contributed by atoms with Crippen LogP contribution in [0.3, 0.4) is 0 Å². The van der Waals surface area contributed by atoms with Crippen molar-refractivity contribution in [1.82, 2.24) is 9.55 Å². The molecule has 2 aromatic heterocycles. The summed E-state index contributed by atoms with van der Waals surface area (Å²) in [6, 6.07) is 12.5. The summed E-state index contributed by atoms with van der Waals surface area (Å²) in [7, 11) is 0. The predicted molar refractivity (Wildman–Crippen MR) is 109 cm³/mol. The molecule has 30 heavy (non-hydrogen) atoms. The lowest BCUT2D eigenvalue weighted by atomic mass is 10.1. The Labute approximate surface area is 174 Å². The maximum Gasteiger partial charge on any atom is 0.338 e. The molecule has 1 aliphatic rings. The van der Waals surface area contributed by atoms with E-state index in [1.165, 1.54) is 12.4 Å². The van der Waals surface area contributed by atoms with E-state index in [4.69, 9.17) is 14.2 Å². The normalized spacial score (nSPS) is 14.9. The van der Waals surface area contributed by atoms with Crippen LogP contribution in [-0.4, -0.2) is 40.6 Å². The first-order chi connectivity index (χ1) is 14.5. The molecule has 0 saturated heterocycles. The smallest absolute Gasteiger partial charge is 0.338 e. The van der Waals surface area contributed by atoms with Crippen molar-refractivity contribution in [3.8, 4) is 11.5 Å². The highest BCUT2D eigenvalue weighted by molar-refractivity contribution is 6.00.